The first-order valence-electron chi connectivity index (χ1n) is 6.71. The fourth-order valence-corrected chi connectivity index (χ4v) is 1.77. The van der Waals surface area contributed by atoms with E-state index in [9.17, 15) is 25.2 Å². The average molecular weight is 315 g/mol. The van der Waals surface area contributed by atoms with E-state index in [2.05, 4.69) is 5.32 Å². The van der Waals surface area contributed by atoms with E-state index in [0.717, 1.165) is 5.56 Å². The molecular weight excluding hydrogens is 294 g/mol. The molecule has 0 bridgehead atoms. The van der Waals surface area contributed by atoms with E-state index >= 15 is 0 Å². The smallest absolute Gasteiger partial charge is 0.251 e. The Kier molecular flexibility index (Phi) is 7.39. The third-order valence-corrected chi connectivity index (χ3v) is 3.18. The van der Waals surface area contributed by atoms with Gasteiger partial charge in [-0.3, -0.25) is 4.79 Å². The summed E-state index contributed by atoms with van der Waals surface area (Å²) in [6.45, 7) is -0.734. The van der Waals surface area contributed by atoms with E-state index in [4.69, 9.17) is 10.2 Å². The molecule has 1 aromatic rings. The lowest BCUT2D eigenvalue weighted by Gasteiger charge is -2.27. The van der Waals surface area contributed by atoms with E-state index in [1.807, 2.05) is 0 Å². The molecule has 0 aliphatic carbocycles. The Bertz CT molecular complexity index is 456. The monoisotopic (exact) mass is 315 g/mol. The minimum atomic E-state index is -2.02. The number of aliphatic hydroxyl groups excluding tert-OH is 6. The molecule has 0 unspecified atom stereocenters. The molecule has 0 spiro atoms. The maximum Gasteiger partial charge on any atom is 0.251 e. The standard InChI is InChI=1S/C14H21NO7/c16-7-9(17)10(18)11(19)12(20)13(21)14(22)15-6-8-4-2-1-3-5-8/h1-5,9-13,16-21H,6-7H2,(H,15,22)/t9-,10+,11+,12+,13+/m0/s1. The van der Waals surface area contributed by atoms with Crippen molar-refractivity contribution in [1.82, 2.24) is 5.32 Å². The van der Waals surface area contributed by atoms with Crippen molar-refractivity contribution >= 4 is 5.91 Å². The number of hydrogen-bond donors (Lipinski definition) is 7. The zero-order valence-corrected chi connectivity index (χ0v) is 11.8. The zero-order valence-electron chi connectivity index (χ0n) is 11.8. The fourth-order valence-electron chi connectivity index (χ4n) is 1.77. The highest BCUT2D eigenvalue weighted by molar-refractivity contribution is 5.81. The lowest BCUT2D eigenvalue weighted by molar-refractivity contribution is -0.157. The molecule has 8 nitrogen and oxygen atoms in total. The van der Waals surface area contributed by atoms with Gasteiger partial charge in [0.2, 0.25) is 0 Å². The molecule has 0 saturated carbocycles. The highest BCUT2D eigenvalue weighted by Crippen LogP contribution is 2.09. The molecule has 0 aliphatic heterocycles. The average Bonchev–Trinajstić information content (AvgIpc) is 2.56. The van der Waals surface area contributed by atoms with Crippen LogP contribution in [0.2, 0.25) is 0 Å². The van der Waals surface area contributed by atoms with E-state index in [1.165, 1.54) is 0 Å². The molecule has 1 rings (SSSR count). The molecule has 124 valence electrons. The molecule has 1 amide bonds. The van der Waals surface area contributed by atoms with Crippen LogP contribution in [0.1, 0.15) is 5.56 Å². The van der Waals surface area contributed by atoms with Crippen molar-refractivity contribution < 1.29 is 35.4 Å². The van der Waals surface area contributed by atoms with Gasteiger partial charge in [0.05, 0.1) is 6.61 Å². The van der Waals surface area contributed by atoms with Crippen molar-refractivity contribution in [2.24, 2.45) is 0 Å². The second kappa shape index (κ2) is 8.79. The third-order valence-electron chi connectivity index (χ3n) is 3.18. The van der Waals surface area contributed by atoms with E-state index in [0.29, 0.717) is 0 Å². The third kappa shape index (κ3) is 5.02. The summed E-state index contributed by atoms with van der Waals surface area (Å²) in [5.74, 6) is -0.943. The molecule has 5 atom stereocenters. The van der Waals surface area contributed by atoms with Crippen LogP contribution < -0.4 is 5.32 Å². The lowest BCUT2D eigenvalue weighted by atomic mass is 9.99. The normalized spacial score (nSPS) is 18.1. The molecular formula is C14H21NO7. The number of benzene rings is 1. The number of carbonyl (C=O) groups excluding carboxylic acids is 1. The van der Waals surface area contributed by atoms with Gasteiger partial charge in [-0.2, -0.15) is 0 Å². The first kappa shape index (κ1) is 18.5. The topological polar surface area (TPSA) is 150 Å². The Hall–Kier alpha value is -1.55. The van der Waals surface area contributed by atoms with Crippen molar-refractivity contribution in [2.45, 2.75) is 37.1 Å². The Morgan fingerprint density at radius 3 is 2.09 bits per heavy atom. The largest absolute Gasteiger partial charge is 0.394 e. The van der Waals surface area contributed by atoms with Crippen molar-refractivity contribution in [3.8, 4) is 0 Å². The fraction of sp³-hybridized carbons (Fsp3) is 0.500. The first-order chi connectivity index (χ1) is 10.4. The molecule has 0 radical (unpaired) electrons. The van der Waals surface area contributed by atoms with Crippen LogP contribution in [0, 0.1) is 0 Å². The number of aliphatic hydroxyl groups is 6. The SMILES string of the molecule is O=C(NCc1ccccc1)[C@H](O)[C@H](O)[C@H](O)[C@H](O)[C@@H](O)CO. The Morgan fingerprint density at radius 1 is 0.955 bits per heavy atom. The quantitative estimate of drug-likeness (QED) is 0.272. The lowest BCUT2D eigenvalue weighted by Crippen LogP contribution is -2.53. The Labute approximate surface area is 127 Å². The van der Waals surface area contributed by atoms with Crippen LogP contribution in [-0.2, 0) is 11.3 Å². The van der Waals surface area contributed by atoms with Gasteiger partial charge in [-0.25, -0.2) is 0 Å². The van der Waals surface area contributed by atoms with Crippen LogP contribution in [0.25, 0.3) is 0 Å². The van der Waals surface area contributed by atoms with Crippen molar-refractivity contribution in [3.63, 3.8) is 0 Å². The van der Waals surface area contributed by atoms with Crippen molar-refractivity contribution in [2.75, 3.05) is 6.61 Å². The van der Waals surface area contributed by atoms with Gasteiger partial charge in [0.25, 0.3) is 5.91 Å². The van der Waals surface area contributed by atoms with E-state index in [-0.39, 0.29) is 6.54 Å². The summed E-state index contributed by atoms with van der Waals surface area (Å²) in [6.07, 6.45) is -9.63. The molecule has 0 heterocycles. The predicted molar refractivity (Wildman–Crippen MR) is 75.4 cm³/mol. The maximum atomic E-state index is 11.7. The molecule has 0 fully saturated rings. The number of hydrogen-bond acceptors (Lipinski definition) is 7. The number of amides is 1. The van der Waals surface area contributed by atoms with Gasteiger partial charge in [-0.1, -0.05) is 30.3 Å². The second-order valence-corrected chi connectivity index (χ2v) is 4.87. The van der Waals surface area contributed by atoms with Gasteiger partial charge in [0, 0.05) is 6.54 Å². The Morgan fingerprint density at radius 2 is 1.55 bits per heavy atom. The van der Waals surface area contributed by atoms with Gasteiger partial charge in [-0.05, 0) is 5.56 Å². The van der Waals surface area contributed by atoms with Crippen molar-refractivity contribution in [3.05, 3.63) is 35.9 Å². The second-order valence-electron chi connectivity index (χ2n) is 4.87. The summed E-state index contributed by atoms with van der Waals surface area (Å²) in [5, 5.41) is 58.5. The molecule has 7 N–H and O–H groups in total. The number of nitrogens with one attached hydrogen (secondary N) is 1. The predicted octanol–water partition coefficient (Wildman–Crippen LogP) is -2.90. The molecule has 0 aromatic heterocycles. The molecule has 1 aromatic carbocycles. The highest BCUT2D eigenvalue weighted by atomic mass is 16.4. The van der Waals surface area contributed by atoms with Crippen LogP contribution in [0.3, 0.4) is 0 Å². The Balaban J connectivity index is 2.54. The van der Waals surface area contributed by atoms with Gasteiger partial charge in [0.1, 0.15) is 24.4 Å². The summed E-state index contributed by atoms with van der Waals surface area (Å²) in [5.41, 5.74) is 0.772. The minimum Gasteiger partial charge on any atom is -0.394 e. The van der Waals surface area contributed by atoms with Crippen LogP contribution >= 0.6 is 0 Å². The summed E-state index contributed by atoms with van der Waals surface area (Å²) in [6, 6.07) is 8.83. The van der Waals surface area contributed by atoms with Crippen LogP contribution in [0.5, 0.6) is 0 Å². The summed E-state index contributed by atoms with van der Waals surface area (Å²) in [7, 11) is 0. The molecule has 22 heavy (non-hydrogen) atoms. The van der Waals surface area contributed by atoms with E-state index < -0.39 is 43.0 Å². The van der Waals surface area contributed by atoms with Crippen LogP contribution in [-0.4, -0.2) is 73.7 Å². The van der Waals surface area contributed by atoms with Crippen molar-refractivity contribution in [1.29, 1.82) is 0 Å². The summed E-state index contributed by atoms with van der Waals surface area (Å²) < 4.78 is 0. The first-order valence-corrected chi connectivity index (χ1v) is 6.71. The van der Waals surface area contributed by atoms with Crippen LogP contribution in [0.4, 0.5) is 0 Å². The molecule has 0 aliphatic rings. The minimum absolute atomic E-state index is 0.112. The van der Waals surface area contributed by atoms with E-state index in [1.54, 1.807) is 30.3 Å². The molecule has 8 heteroatoms. The maximum absolute atomic E-state index is 11.7. The zero-order chi connectivity index (χ0) is 16.7. The van der Waals surface area contributed by atoms with Gasteiger partial charge in [0.15, 0.2) is 6.10 Å². The van der Waals surface area contributed by atoms with Gasteiger partial charge in [-0.15, -0.1) is 0 Å². The van der Waals surface area contributed by atoms with Crippen LogP contribution in [0.15, 0.2) is 30.3 Å². The van der Waals surface area contributed by atoms with Gasteiger partial charge >= 0.3 is 0 Å². The highest BCUT2D eigenvalue weighted by Gasteiger charge is 2.36. The number of rotatable bonds is 8. The number of carbonyl (C=O) groups is 1. The summed E-state index contributed by atoms with van der Waals surface area (Å²) in [4.78, 5) is 11.7. The van der Waals surface area contributed by atoms with Gasteiger partial charge < -0.3 is 36.0 Å². The molecule has 0 saturated heterocycles. The summed E-state index contributed by atoms with van der Waals surface area (Å²) >= 11 is 0.